The molecule has 0 radical (unpaired) electrons. The van der Waals surface area contributed by atoms with Crippen molar-refractivity contribution in [3.63, 3.8) is 0 Å². The first kappa shape index (κ1) is 32.0. The molecule has 0 bridgehead atoms. The van der Waals surface area contributed by atoms with Crippen molar-refractivity contribution >= 4 is 11.8 Å². The van der Waals surface area contributed by atoms with Crippen molar-refractivity contribution in [3.05, 3.63) is 77.4 Å². The van der Waals surface area contributed by atoms with Gasteiger partial charge in [-0.25, -0.2) is 4.79 Å². The van der Waals surface area contributed by atoms with Crippen LogP contribution in [0.25, 0.3) is 22.3 Å². The van der Waals surface area contributed by atoms with E-state index in [9.17, 15) is 19.8 Å². The Bertz CT molecular complexity index is 1260. The average Bonchev–Trinajstić information content (AvgIpc) is 3.00. The molecule has 0 aliphatic carbocycles. The molecule has 0 saturated carbocycles. The summed E-state index contributed by atoms with van der Waals surface area (Å²) in [6.07, 6.45) is 6.59. The molecule has 0 spiro atoms. The number of aryl methyl sites for hydroxylation is 2. The summed E-state index contributed by atoms with van der Waals surface area (Å²) in [4.78, 5) is 23.0. The van der Waals surface area contributed by atoms with Crippen LogP contribution in [-0.4, -0.2) is 48.4 Å². The van der Waals surface area contributed by atoms with Crippen molar-refractivity contribution < 1.29 is 29.3 Å². The molecular weight excluding hydrogens is 516 g/mol. The molecule has 3 aromatic carbocycles. The number of esters is 1. The van der Waals surface area contributed by atoms with Crippen molar-refractivity contribution in [1.29, 1.82) is 0 Å². The lowest BCUT2D eigenvalue weighted by molar-refractivity contribution is -0.152. The summed E-state index contributed by atoms with van der Waals surface area (Å²) in [5, 5.41) is 18.7. The summed E-state index contributed by atoms with van der Waals surface area (Å²) >= 11 is 0. The minimum Gasteiger partial charge on any atom is -0.493 e. The van der Waals surface area contributed by atoms with Gasteiger partial charge in [-0.15, -0.1) is 0 Å². The Labute approximate surface area is 244 Å². The van der Waals surface area contributed by atoms with Crippen LogP contribution in [0.3, 0.4) is 0 Å². The SMILES string of the molecule is CCCCCc1ccc(-c2ccc(-c3ccc(OCCC(CO)CO)c(CCOC(=O)C(C)=O)c3)c(CC)c2)cc1. The van der Waals surface area contributed by atoms with E-state index in [4.69, 9.17) is 9.47 Å². The minimum absolute atomic E-state index is 0.0577. The number of carbonyl (C=O) groups is 2. The highest BCUT2D eigenvalue weighted by Crippen LogP contribution is 2.33. The highest BCUT2D eigenvalue weighted by atomic mass is 16.5. The van der Waals surface area contributed by atoms with E-state index in [1.165, 1.54) is 48.4 Å². The van der Waals surface area contributed by atoms with E-state index in [0.29, 0.717) is 25.2 Å². The number of rotatable bonds is 17. The summed E-state index contributed by atoms with van der Waals surface area (Å²) in [5.41, 5.74) is 8.00. The second-order valence-electron chi connectivity index (χ2n) is 10.5. The summed E-state index contributed by atoms with van der Waals surface area (Å²) in [5.74, 6) is -1.07. The number of benzene rings is 3. The van der Waals surface area contributed by atoms with Crippen molar-refractivity contribution in [2.24, 2.45) is 5.92 Å². The van der Waals surface area contributed by atoms with Crippen LogP contribution in [0.4, 0.5) is 0 Å². The van der Waals surface area contributed by atoms with Gasteiger partial charge >= 0.3 is 5.97 Å². The van der Waals surface area contributed by atoms with Crippen LogP contribution in [0, 0.1) is 5.92 Å². The van der Waals surface area contributed by atoms with Gasteiger partial charge in [0.1, 0.15) is 5.75 Å². The van der Waals surface area contributed by atoms with Crippen LogP contribution in [-0.2, 0) is 33.6 Å². The third-order valence-electron chi connectivity index (χ3n) is 7.41. The number of ether oxygens (including phenoxy) is 2. The van der Waals surface area contributed by atoms with Crippen LogP contribution >= 0.6 is 0 Å². The normalized spacial score (nSPS) is 11.1. The summed E-state index contributed by atoms with van der Waals surface area (Å²) in [6, 6.07) is 21.4. The predicted molar refractivity (Wildman–Crippen MR) is 163 cm³/mol. The zero-order valence-electron chi connectivity index (χ0n) is 24.7. The number of aliphatic hydroxyl groups excluding tert-OH is 2. The number of ketones is 1. The molecule has 0 unspecified atom stereocenters. The van der Waals surface area contributed by atoms with E-state index >= 15 is 0 Å². The molecule has 0 aromatic heterocycles. The van der Waals surface area contributed by atoms with Crippen LogP contribution in [0.15, 0.2) is 60.7 Å². The number of hydrogen-bond acceptors (Lipinski definition) is 6. The lowest BCUT2D eigenvalue weighted by Crippen LogP contribution is -2.16. The van der Waals surface area contributed by atoms with Crippen molar-refractivity contribution in [1.82, 2.24) is 0 Å². The van der Waals surface area contributed by atoms with Crippen LogP contribution in [0.1, 0.15) is 63.1 Å². The standard InChI is InChI=1S/C35H44O6/c1-4-6-7-8-26-9-11-29(12-10-26)30-13-15-33(28(5-2)21-30)31-14-16-34(40-19-17-27(23-36)24-37)32(22-31)18-20-41-35(39)25(3)38/h9-16,21-22,27,36-37H,4-8,17-20,23-24H2,1-3H3. The largest absolute Gasteiger partial charge is 0.493 e. The maximum atomic E-state index is 11.7. The molecule has 0 fully saturated rings. The molecule has 0 amide bonds. The first-order valence-electron chi connectivity index (χ1n) is 14.8. The number of unbranched alkanes of at least 4 members (excludes halogenated alkanes) is 2. The zero-order valence-corrected chi connectivity index (χ0v) is 24.7. The van der Waals surface area contributed by atoms with Gasteiger partial charge in [0.2, 0.25) is 5.78 Å². The molecule has 2 N–H and O–H groups in total. The molecule has 3 rings (SSSR count). The molecule has 0 heterocycles. The first-order valence-corrected chi connectivity index (χ1v) is 14.8. The average molecular weight is 561 g/mol. The van der Waals surface area contributed by atoms with Crippen LogP contribution in [0.5, 0.6) is 5.75 Å². The predicted octanol–water partition coefficient (Wildman–Crippen LogP) is 6.36. The van der Waals surface area contributed by atoms with E-state index in [1.807, 2.05) is 18.2 Å². The van der Waals surface area contributed by atoms with E-state index in [0.717, 1.165) is 29.5 Å². The monoisotopic (exact) mass is 560 g/mol. The van der Waals surface area contributed by atoms with E-state index in [2.05, 4.69) is 56.3 Å². The third-order valence-corrected chi connectivity index (χ3v) is 7.41. The molecule has 6 nitrogen and oxygen atoms in total. The molecule has 6 heteroatoms. The quantitative estimate of drug-likeness (QED) is 0.113. The Morgan fingerprint density at radius 3 is 2.12 bits per heavy atom. The second kappa shape index (κ2) is 16.7. The number of aliphatic hydroxyl groups is 2. The van der Waals surface area contributed by atoms with Gasteiger partial charge in [-0.2, -0.15) is 0 Å². The molecular formula is C35H44O6. The number of carbonyl (C=O) groups excluding carboxylic acids is 2. The number of Topliss-reactive ketones (excluding diaryl/α,β-unsaturated/α-hetero) is 1. The van der Waals surface area contributed by atoms with Gasteiger partial charge in [-0.3, -0.25) is 4.79 Å². The zero-order chi connectivity index (χ0) is 29.6. The Morgan fingerprint density at radius 1 is 0.780 bits per heavy atom. The number of hydrogen-bond donors (Lipinski definition) is 2. The van der Waals surface area contributed by atoms with E-state index in [-0.39, 0.29) is 25.7 Å². The van der Waals surface area contributed by atoms with E-state index < -0.39 is 11.8 Å². The third kappa shape index (κ3) is 9.55. The minimum atomic E-state index is -0.852. The first-order chi connectivity index (χ1) is 19.9. The van der Waals surface area contributed by atoms with Gasteiger partial charge in [0.15, 0.2) is 0 Å². The molecule has 3 aromatic rings. The van der Waals surface area contributed by atoms with Gasteiger partial charge in [0.05, 0.1) is 13.2 Å². The maximum absolute atomic E-state index is 11.7. The van der Waals surface area contributed by atoms with Gasteiger partial charge in [0, 0.05) is 32.5 Å². The summed E-state index contributed by atoms with van der Waals surface area (Å²) < 4.78 is 11.1. The van der Waals surface area contributed by atoms with Crippen LogP contribution < -0.4 is 4.74 Å². The van der Waals surface area contributed by atoms with Crippen molar-refractivity contribution in [3.8, 4) is 28.0 Å². The van der Waals surface area contributed by atoms with Crippen LogP contribution in [0.2, 0.25) is 0 Å². The lowest BCUT2D eigenvalue weighted by Gasteiger charge is -2.17. The van der Waals surface area contributed by atoms with Gasteiger partial charge < -0.3 is 19.7 Å². The fourth-order valence-corrected chi connectivity index (χ4v) is 4.80. The highest BCUT2D eigenvalue weighted by molar-refractivity contribution is 6.32. The molecule has 220 valence electrons. The van der Waals surface area contributed by atoms with Gasteiger partial charge in [-0.05, 0) is 76.8 Å². The topological polar surface area (TPSA) is 93.1 Å². The molecule has 0 atom stereocenters. The van der Waals surface area contributed by atoms with Crippen molar-refractivity contribution in [2.45, 2.75) is 65.7 Å². The Hall–Kier alpha value is -3.48. The maximum Gasteiger partial charge on any atom is 0.374 e. The fraction of sp³-hybridized carbons (Fsp3) is 0.429. The smallest absolute Gasteiger partial charge is 0.374 e. The summed E-state index contributed by atoms with van der Waals surface area (Å²) in [7, 11) is 0. The van der Waals surface area contributed by atoms with Gasteiger partial charge in [0.25, 0.3) is 0 Å². The molecule has 0 aliphatic rings. The highest BCUT2D eigenvalue weighted by Gasteiger charge is 2.14. The van der Waals surface area contributed by atoms with E-state index in [1.54, 1.807) is 0 Å². The second-order valence-corrected chi connectivity index (χ2v) is 10.5. The Kier molecular flexibility index (Phi) is 13.1. The molecule has 0 aliphatic heterocycles. The fourth-order valence-electron chi connectivity index (χ4n) is 4.80. The Balaban J connectivity index is 1.84. The molecule has 41 heavy (non-hydrogen) atoms. The Morgan fingerprint density at radius 2 is 1.46 bits per heavy atom. The van der Waals surface area contributed by atoms with Crippen molar-refractivity contribution in [2.75, 3.05) is 26.4 Å². The lowest BCUT2D eigenvalue weighted by atomic mass is 9.92. The van der Waals surface area contributed by atoms with Gasteiger partial charge in [-0.1, -0.05) is 75.2 Å². The summed E-state index contributed by atoms with van der Waals surface area (Å²) in [6.45, 7) is 5.74. The molecule has 0 saturated heterocycles.